The molecule has 3 heterocycles. The SMILES string of the molecule is CCC1=C(C(=O)OC)C(c2cccc([N+](=O)[O-])c2)N2C(CC(=O)N3CCCC3)=CSC2=N1. The summed E-state index contributed by atoms with van der Waals surface area (Å²) in [5.74, 6) is -0.512. The highest BCUT2D eigenvalue weighted by Crippen LogP contribution is 2.46. The summed E-state index contributed by atoms with van der Waals surface area (Å²) in [5.41, 5.74) is 2.13. The van der Waals surface area contributed by atoms with Crippen LogP contribution in [0, 0.1) is 10.1 Å². The number of nitro benzene ring substituents is 1. The van der Waals surface area contributed by atoms with Crippen molar-refractivity contribution in [3.8, 4) is 0 Å². The number of hydrogen-bond donors (Lipinski definition) is 0. The van der Waals surface area contributed by atoms with E-state index in [2.05, 4.69) is 4.99 Å². The maximum atomic E-state index is 12.9. The van der Waals surface area contributed by atoms with Crippen molar-refractivity contribution < 1.29 is 19.2 Å². The molecule has 0 N–H and O–H groups in total. The second-order valence-corrected chi connectivity index (χ2v) is 8.55. The summed E-state index contributed by atoms with van der Waals surface area (Å²) < 4.78 is 5.07. The normalized spacial score (nSPS) is 20.1. The topological polar surface area (TPSA) is 105 Å². The Morgan fingerprint density at radius 2 is 2.06 bits per heavy atom. The van der Waals surface area contributed by atoms with Gasteiger partial charge in [-0.1, -0.05) is 30.8 Å². The summed E-state index contributed by atoms with van der Waals surface area (Å²) in [7, 11) is 1.30. The first kappa shape index (κ1) is 22.1. The molecule has 1 unspecified atom stereocenters. The van der Waals surface area contributed by atoms with Gasteiger partial charge in [0.1, 0.15) is 0 Å². The number of rotatable bonds is 6. The van der Waals surface area contributed by atoms with Crippen LogP contribution in [0.2, 0.25) is 0 Å². The second-order valence-electron chi connectivity index (χ2n) is 7.72. The number of allylic oxidation sites excluding steroid dienone is 1. The number of aliphatic imine (C=N–C) groups is 1. The number of nitrogens with zero attached hydrogens (tertiary/aromatic N) is 4. The van der Waals surface area contributed by atoms with Crippen LogP contribution in [0.5, 0.6) is 0 Å². The first-order chi connectivity index (χ1) is 15.4. The van der Waals surface area contributed by atoms with Crippen molar-refractivity contribution in [3.63, 3.8) is 0 Å². The number of carbonyl (C=O) groups is 2. The molecule has 0 saturated carbocycles. The van der Waals surface area contributed by atoms with E-state index in [1.54, 1.807) is 12.1 Å². The van der Waals surface area contributed by atoms with Crippen LogP contribution in [0.3, 0.4) is 0 Å². The van der Waals surface area contributed by atoms with Gasteiger partial charge in [0.25, 0.3) is 5.69 Å². The van der Waals surface area contributed by atoms with Crippen LogP contribution in [0.1, 0.15) is 44.2 Å². The molecular weight excluding hydrogens is 432 g/mol. The van der Waals surface area contributed by atoms with Gasteiger partial charge in [0.05, 0.1) is 35.8 Å². The molecule has 4 rings (SSSR count). The number of amidine groups is 1. The number of nitro groups is 1. The molecule has 3 aliphatic heterocycles. The summed E-state index contributed by atoms with van der Waals surface area (Å²) >= 11 is 1.39. The lowest BCUT2D eigenvalue weighted by Crippen LogP contribution is -2.38. The third-order valence-corrected chi connectivity index (χ3v) is 6.71. The molecule has 3 aliphatic rings. The van der Waals surface area contributed by atoms with E-state index in [1.807, 2.05) is 22.1 Å². The number of carbonyl (C=O) groups excluding carboxylic acids is 2. The van der Waals surface area contributed by atoms with Crippen molar-refractivity contribution in [2.45, 2.75) is 38.6 Å². The molecule has 1 fully saturated rings. The number of benzene rings is 1. The van der Waals surface area contributed by atoms with E-state index in [-0.39, 0.29) is 18.0 Å². The van der Waals surface area contributed by atoms with Crippen molar-refractivity contribution in [2.24, 2.45) is 4.99 Å². The average molecular weight is 457 g/mol. The number of fused-ring (bicyclic) bond motifs is 1. The van der Waals surface area contributed by atoms with Crippen LogP contribution < -0.4 is 0 Å². The Morgan fingerprint density at radius 3 is 2.72 bits per heavy atom. The van der Waals surface area contributed by atoms with Gasteiger partial charge < -0.3 is 14.5 Å². The number of hydrogen-bond acceptors (Lipinski definition) is 8. The lowest BCUT2D eigenvalue weighted by Gasteiger charge is -2.36. The Hall–Kier alpha value is -3.14. The van der Waals surface area contributed by atoms with Crippen molar-refractivity contribution in [1.82, 2.24) is 9.80 Å². The molecule has 1 aromatic rings. The zero-order chi connectivity index (χ0) is 22.8. The molecule has 1 aromatic carbocycles. The fraction of sp³-hybridized carbons (Fsp3) is 0.409. The van der Waals surface area contributed by atoms with Gasteiger partial charge in [-0.3, -0.25) is 14.9 Å². The predicted molar refractivity (Wildman–Crippen MR) is 121 cm³/mol. The maximum absolute atomic E-state index is 12.9. The molecule has 0 bridgehead atoms. The average Bonchev–Trinajstić information content (AvgIpc) is 3.48. The number of likely N-dealkylation sites (tertiary alicyclic amines) is 1. The summed E-state index contributed by atoms with van der Waals surface area (Å²) in [6.45, 7) is 3.40. The Bertz CT molecular complexity index is 1060. The van der Waals surface area contributed by atoms with Crippen LogP contribution in [-0.2, 0) is 14.3 Å². The number of amides is 1. The molecule has 10 heteroatoms. The highest BCUT2D eigenvalue weighted by molar-refractivity contribution is 8.16. The second kappa shape index (κ2) is 9.15. The summed E-state index contributed by atoms with van der Waals surface area (Å²) in [6.07, 6.45) is 2.67. The smallest absolute Gasteiger partial charge is 0.338 e. The van der Waals surface area contributed by atoms with E-state index in [1.165, 1.54) is 31.0 Å². The van der Waals surface area contributed by atoms with Gasteiger partial charge >= 0.3 is 5.97 Å². The predicted octanol–water partition coefficient (Wildman–Crippen LogP) is 3.75. The van der Waals surface area contributed by atoms with E-state index in [9.17, 15) is 19.7 Å². The first-order valence-electron chi connectivity index (χ1n) is 10.5. The highest BCUT2D eigenvalue weighted by Gasteiger charge is 2.42. The summed E-state index contributed by atoms with van der Waals surface area (Å²) in [4.78, 5) is 45.0. The van der Waals surface area contributed by atoms with Gasteiger partial charge in [0.2, 0.25) is 5.91 Å². The van der Waals surface area contributed by atoms with E-state index in [0.29, 0.717) is 28.4 Å². The molecule has 9 nitrogen and oxygen atoms in total. The fourth-order valence-corrected chi connectivity index (χ4v) is 5.21. The third kappa shape index (κ3) is 4.02. The molecule has 32 heavy (non-hydrogen) atoms. The Kier molecular flexibility index (Phi) is 6.31. The first-order valence-corrected chi connectivity index (χ1v) is 11.4. The lowest BCUT2D eigenvalue weighted by atomic mass is 9.92. The van der Waals surface area contributed by atoms with Gasteiger partial charge in [-0.15, -0.1) is 0 Å². The largest absolute Gasteiger partial charge is 0.466 e. The van der Waals surface area contributed by atoms with Crippen LogP contribution in [0.15, 0.2) is 51.6 Å². The summed E-state index contributed by atoms with van der Waals surface area (Å²) in [5, 5.41) is 13.9. The van der Waals surface area contributed by atoms with Crippen LogP contribution in [0.4, 0.5) is 5.69 Å². The van der Waals surface area contributed by atoms with Gasteiger partial charge in [0, 0.05) is 30.9 Å². The number of ether oxygens (including phenoxy) is 1. The maximum Gasteiger partial charge on any atom is 0.338 e. The minimum Gasteiger partial charge on any atom is -0.466 e. The van der Waals surface area contributed by atoms with Crippen LogP contribution >= 0.6 is 11.8 Å². The standard InChI is InChI=1S/C22H24N4O5S/c1-3-17-19(21(28)31-2)20(14-7-6-8-15(11-14)26(29)30)25-16(13-32-22(25)23-17)12-18(27)24-9-4-5-10-24/h6-8,11,13,20H,3-5,9-10,12H2,1-2H3. The van der Waals surface area contributed by atoms with Gasteiger partial charge in [-0.05, 0) is 30.2 Å². The van der Waals surface area contributed by atoms with Crippen molar-refractivity contribution in [2.75, 3.05) is 20.2 Å². The van der Waals surface area contributed by atoms with E-state index in [0.717, 1.165) is 31.6 Å². The van der Waals surface area contributed by atoms with Crippen molar-refractivity contribution >= 4 is 34.5 Å². The molecule has 0 radical (unpaired) electrons. The molecule has 1 saturated heterocycles. The highest BCUT2D eigenvalue weighted by atomic mass is 32.2. The molecular formula is C22H24N4O5S. The quantitative estimate of drug-likeness (QED) is 0.365. The molecule has 168 valence electrons. The van der Waals surface area contributed by atoms with Crippen LogP contribution in [-0.4, -0.2) is 52.0 Å². The number of methoxy groups -OCH3 is 1. The van der Waals surface area contributed by atoms with Crippen molar-refractivity contribution in [1.29, 1.82) is 0 Å². The zero-order valence-corrected chi connectivity index (χ0v) is 18.8. The van der Waals surface area contributed by atoms with Gasteiger partial charge in [-0.25, -0.2) is 9.79 Å². The van der Waals surface area contributed by atoms with Crippen LogP contribution in [0.25, 0.3) is 0 Å². The minimum atomic E-state index is -0.669. The monoisotopic (exact) mass is 456 g/mol. The zero-order valence-electron chi connectivity index (χ0n) is 17.9. The Labute approximate surface area is 190 Å². The number of non-ortho nitro benzene ring substituents is 1. The molecule has 0 aromatic heterocycles. The van der Waals surface area contributed by atoms with E-state index >= 15 is 0 Å². The van der Waals surface area contributed by atoms with Crippen molar-refractivity contribution in [3.05, 3.63) is 62.3 Å². The molecule has 1 amide bonds. The van der Waals surface area contributed by atoms with E-state index in [4.69, 9.17) is 4.74 Å². The molecule has 0 spiro atoms. The minimum absolute atomic E-state index is 0.0262. The van der Waals surface area contributed by atoms with E-state index < -0.39 is 16.9 Å². The third-order valence-electron chi connectivity index (χ3n) is 5.82. The van der Waals surface area contributed by atoms with Gasteiger partial charge in [-0.2, -0.15) is 0 Å². The van der Waals surface area contributed by atoms with Gasteiger partial charge in [0.15, 0.2) is 5.17 Å². The Balaban J connectivity index is 1.78. The fourth-order valence-electron chi connectivity index (χ4n) is 4.27. The summed E-state index contributed by atoms with van der Waals surface area (Å²) in [6, 6.07) is 5.56. The number of thioether (sulfide) groups is 1. The Morgan fingerprint density at radius 1 is 1.31 bits per heavy atom. The number of esters is 1. The lowest BCUT2D eigenvalue weighted by molar-refractivity contribution is -0.384. The molecule has 0 aliphatic carbocycles. The molecule has 1 atom stereocenters.